The van der Waals surface area contributed by atoms with Gasteiger partial charge in [0.1, 0.15) is 24.6 Å². The minimum Gasteiger partial charge on any atom is -0.497 e. The molecule has 4 aliphatic rings. The average Bonchev–Trinajstić information content (AvgIpc) is 3.72. The molecular weight excluding hydrogens is 548 g/mol. The average molecular weight is 581 g/mol. The number of carbonyl (C=O) groups is 2. The number of anilines is 2. The van der Waals surface area contributed by atoms with Gasteiger partial charge in [-0.1, -0.05) is 0 Å². The summed E-state index contributed by atoms with van der Waals surface area (Å²) >= 11 is 0. The van der Waals surface area contributed by atoms with Crippen LogP contribution in [0, 0.1) is 0 Å². The predicted molar refractivity (Wildman–Crippen MR) is 152 cm³/mol. The summed E-state index contributed by atoms with van der Waals surface area (Å²) < 4.78 is 35.0. The number of amidine groups is 2. The first kappa shape index (κ1) is 27.3. The van der Waals surface area contributed by atoms with Crippen LogP contribution in [0.15, 0.2) is 46.4 Å². The van der Waals surface area contributed by atoms with Crippen molar-refractivity contribution in [2.45, 2.75) is 11.6 Å². The van der Waals surface area contributed by atoms with Crippen molar-refractivity contribution in [2.75, 3.05) is 77.4 Å². The summed E-state index contributed by atoms with van der Waals surface area (Å²) in [4.78, 5) is 39.7. The maximum Gasteiger partial charge on any atom is 0.421 e. The summed E-state index contributed by atoms with van der Waals surface area (Å²) in [7, 11) is 6.72. The normalized spacial score (nSPS) is 24.0. The van der Waals surface area contributed by atoms with Crippen LogP contribution in [0.4, 0.5) is 11.4 Å². The molecule has 0 aromatic heterocycles. The van der Waals surface area contributed by atoms with Crippen LogP contribution in [-0.2, 0) is 19.1 Å². The van der Waals surface area contributed by atoms with Crippen LogP contribution in [0.1, 0.15) is 0 Å². The lowest BCUT2D eigenvalue weighted by atomic mass is 10.1. The first-order valence-corrected chi connectivity index (χ1v) is 13.5. The van der Waals surface area contributed by atoms with E-state index in [2.05, 4.69) is 20.6 Å². The van der Waals surface area contributed by atoms with Crippen LogP contribution >= 0.6 is 0 Å². The molecule has 6 rings (SSSR count). The number of ether oxygens (including phenoxy) is 6. The number of fused-ring (bicyclic) bond motifs is 2. The highest BCUT2D eigenvalue weighted by atomic mass is 16.8. The fraction of sp³-hybridized carbons (Fsp3) is 0.429. The van der Waals surface area contributed by atoms with E-state index < -0.39 is 23.5 Å². The summed E-state index contributed by atoms with van der Waals surface area (Å²) in [6, 6.07) is 10.6. The third kappa shape index (κ3) is 4.72. The van der Waals surface area contributed by atoms with Crippen molar-refractivity contribution in [3.05, 3.63) is 36.4 Å². The van der Waals surface area contributed by atoms with Crippen molar-refractivity contribution in [1.82, 2.24) is 10.6 Å². The number of hydrogen-bond donors (Lipinski definition) is 2. The van der Waals surface area contributed by atoms with E-state index in [1.807, 2.05) is 36.0 Å². The topological polar surface area (TPSA) is 145 Å². The molecule has 0 saturated heterocycles. The molecule has 4 aliphatic heterocycles. The molecule has 0 aliphatic carbocycles. The van der Waals surface area contributed by atoms with Gasteiger partial charge in [0, 0.05) is 39.3 Å². The molecule has 0 radical (unpaired) electrons. The Hall–Kier alpha value is -4.88. The Morgan fingerprint density at radius 2 is 1.19 bits per heavy atom. The van der Waals surface area contributed by atoms with Crippen molar-refractivity contribution in [1.29, 1.82) is 0 Å². The predicted octanol–water partition coefficient (Wildman–Crippen LogP) is 0.544. The zero-order chi connectivity index (χ0) is 29.5. The van der Waals surface area contributed by atoms with Crippen LogP contribution < -0.4 is 39.4 Å². The van der Waals surface area contributed by atoms with Gasteiger partial charge in [0.15, 0.2) is 23.2 Å². The summed E-state index contributed by atoms with van der Waals surface area (Å²) in [5.41, 5.74) is 1.50. The molecule has 0 fully saturated rings. The lowest BCUT2D eigenvalue weighted by Crippen LogP contribution is -2.63. The van der Waals surface area contributed by atoms with Crippen LogP contribution in [0.2, 0.25) is 0 Å². The minimum atomic E-state index is -1.75. The molecule has 42 heavy (non-hydrogen) atoms. The number of methoxy groups -OCH3 is 2. The number of rotatable bonds is 6. The van der Waals surface area contributed by atoms with Gasteiger partial charge in [0.2, 0.25) is 0 Å². The van der Waals surface area contributed by atoms with Gasteiger partial charge in [-0.25, -0.2) is 9.59 Å². The zero-order valence-corrected chi connectivity index (χ0v) is 23.8. The Morgan fingerprint density at radius 3 is 1.55 bits per heavy atom. The molecule has 4 heterocycles. The number of esters is 2. The Bertz CT molecular complexity index is 1370. The molecule has 222 valence electrons. The third-order valence-corrected chi connectivity index (χ3v) is 7.35. The molecule has 0 bridgehead atoms. The second kappa shape index (κ2) is 10.5. The molecule has 2 N–H and O–H groups in total. The van der Waals surface area contributed by atoms with E-state index in [1.54, 1.807) is 38.5 Å². The number of nitrogens with zero attached hydrogens (tertiary/aromatic N) is 4. The first-order chi connectivity index (χ1) is 20.3. The van der Waals surface area contributed by atoms with E-state index in [4.69, 9.17) is 28.4 Å². The summed E-state index contributed by atoms with van der Waals surface area (Å²) in [5.74, 6) is -3.61. The lowest BCUT2D eigenvalue weighted by molar-refractivity contribution is -0.202. The highest BCUT2D eigenvalue weighted by Gasteiger charge is 2.53. The Morgan fingerprint density at radius 1 is 0.762 bits per heavy atom. The van der Waals surface area contributed by atoms with Gasteiger partial charge in [-0.3, -0.25) is 9.98 Å². The number of aliphatic imine (C=N–C) groups is 2. The van der Waals surface area contributed by atoms with Crippen LogP contribution in [0.25, 0.3) is 0 Å². The minimum absolute atomic E-state index is 0.0585. The molecular formula is C28H32N6O8. The summed E-state index contributed by atoms with van der Waals surface area (Å²) in [6.45, 7) is 2.07. The largest absolute Gasteiger partial charge is 0.497 e. The number of nitrogens with one attached hydrogen (secondary N) is 2. The first-order valence-electron chi connectivity index (χ1n) is 13.5. The highest BCUT2D eigenvalue weighted by molar-refractivity contribution is 6.30. The number of likely N-dealkylation sites (N-methyl/N-ethyl adjacent to an activating group) is 2. The molecule has 2 aromatic carbocycles. The smallest absolute Gasteiger partial charge is 0.421 e. The van der Waals surface area contributed by atoms with Crippen LogP contribution in [-0.4, -0.2) is 103 Å². The third-order valence-electron chi connectivity index (χ3n) is 7.35. The van der Waals surface area contributed by atoms with Gasteiger partial charge in [0.25, 0.3) is 0 Å². The van der Waals surface area contributed by atoms with Crippen LogP contribution in [0.5, 0.6) is 23.0 Å². The van der Waals surface area contributed by atoms with Crippen molar-refractivity contribution in [3.63, 3.8) is 0 Å². The quantitative estimate of drug-likeness (QED) is 0.364. The second-order valence-corrected chi connectivity index (χ2v) is 10.2. The molecule has 2 unspecified atom stereocenters. The van der Waals surface area contributed by atoms with E-state index in [9.17, 15) is 9.59 Å². The standard InChI is InChI=1S/C28H32N6O8/c1-33-15-27(25-29-9-10-30-25,39-21-13-17(37-3)5-7-19(21)33)41-23(35)24(36)42-28(26-31-11-12-32-26)16-34(2)20-8-6-18(38-4)14-22(20)40-28/h5-8,13-14H,9-12,15-16H2,1-4H3,(H,29,30)(H,31,32). The van der Waals surface area contributed by atoms with Crippen molar-refractivity contribution < 1.29 is 38.0 Å². The lowest BCUT2D eigenvalue weighted by Gasteiger charge is -2.43. The second-order valence-electron chi connectivity index (χ2n) is 10.2. The Labute approximate surface area is 242 Å². The number of hydrogen-bond acceptors (Lipinski definition) is 14. The van der Waals surface area contributed by atoms with Gasteiger partial charge in [-0.05, 0) is 24.3 Å². The SMILES string of the molecule is COc1ccc2c(c1)OC(OC(=O)C(=O)OC1(C3=NCCN3)CN(C)c3ccc(OC)cc3O1)(C1=NCCN1)CN2C. The molecule has 0 saturated carbocycles. The van der Waals surface area contributed by atoms with E-state index in [1.165, 1.54) is 0 Å². The molecule has 14 heteroatoms. The monoisotopic (exact) mass is 580 g/mol. The molecule has 0 spiro atoms. The summed E-state index contributed by atoms with van der Waals surface area (Å²) in [5, 5.41) is 6.24. The molecule has 2 aromatic rings. The fourth-order valence-electron chi connectivity index (χ4n) is 5.39. The van der Waals surface area contributed by atoms with Gasteiger partial charge < -0.3 is 48.9 Å². The van der Waals surface area contributed by atoms with E-state index in [0.717, 1.165) is 11.4 Å². The van der Waals surface area contributed by atoms with Crippen molar-refractivity contribution in [2.24, 2.45) is 9.98 Å². The van der Waals surface area contributed by atoms with Crippen molar-refractivity contribution in [3.8, 4) is 23.0 Å². The van der Waals surface area contributed by atoms with Gasteiger partial charge in [-0.15, -0.1) is 0 Å². The van der Waals surface area contributed by atoms with Crippen molar-refractivity contribution >= 4 is 35.0 Å². The van der Waals surface area contributed by atoms with E-state index in [0.29, 0.717) is 49.2 Å². The maximum atomic E-state index is 13.5. The zero-order valence-electron chi connectivity index (χ0n) is 23.8. The molecule has 2 atom stereocenters. The fourth-order valence-corrected chi connectivity index (χ4v) is 5.39. The van der Waals surface area contributed by atoms with Crippen LogP contribution in [0.3, 0.4) is 0 Å². The Balaban J connectivity index is 1.30. The number of benzene rings is 2. The highest BCUT2D eigenvalue weighted by Crippen LogP contribution is 2.42. The van der Waals surface area contributed by atoms with Gasteiger partial charge >= 0.3 is 23.5 Å². The van der Waals surface area contributed by atoms with E-state index in [-0.39, 0.29) is 24.8 Å². The van der Waals surface area contributed by atoms with Gasteiger partial charge in [0.05, 0.1) is 38.7 Å². The Kier molecular flexibility index (Phi) is 6.83. The summed E-state index contributed by atoms with van der Waals surface area (Å²) in [6.07, 6.45) is 0. The van der Waals surface area contributed by atoms with Gasteiger partial charge in [-0.2, -0.15) is 0 Å². The maximum absolute atomic E-state index is 13.5. The van der Waals surface area contributed by atoms with E-state index >= 15 is 0 Å². The molecule has 0 amide bonds. The number of carbonyl (C=O) groups excluding carboxylic acids is 2. The molecule has 14 nitrogen and oxygen atoms in total.